The first-order valence-corrected chi connectivity index (χ1v) is 6.82. The third-order valence-electron chi connectivity index (χ3n) is 3.54. The molecule has 19 heavy (non-hydrogen) atoms. The molecule has 4 N–H and O–H groups in total. The Balaban J connectivity index is 0.000000280. The van der Waals surface area contributed by atoms with Crippen molar-refractivity contribution in [3.8, 4) is 0 Å². The molecule has 0 radical (unpaired) electrons. The van der Waals surface area contributed by atoms with E-state index in [0.29, 0.717) is 6.54 Å². The van der Waals surface area contributed by atoms with Gasteiger partial charge in [-0.05, 0) is 43.6 Å². The molecule has 3 rings (SSSR count). The van der Waals surface area contributed by atoms with Crippen molar-refractivity contribution in [3.05, 3.63) is 49.1 Å². The largest absolute Gasteiger partial charge is 0.330 e. The predicted molar refractivity (Wildman–Crippen MR) is 86.8 cm³/mol. The summed E-state index contributed by atoms with van der Waals surface area (Å²) in [7, 11) is 0. The maximum Gasteiger partial charge on any atom is 0.0104 e. The second-order valence-electron chi connectivity index (χ2n) is 4.89. The molecule has 3 aliphatic carbocycles. The summed E-state index contributed by atoms with van der Waals surface area (Å²) >= 11 is 0. The van der Waals surface area contributed by atoms with E-state index in [4.69, 9.17) is 11.5 Å². The fourth-order valence-corrected chi connectivity index (χ4v) is 2.56. The summed E-state index contributed by atoms with van der Waals surface area (Å²) in [5.41, 5.74) is 10.5. The predicted octanol–water partition coefficient (Wildman–Crippen LogP) is 3.43. The van der Waals surface area contributed by atoms with Gasteiger partial charge in [0.1, 0.15) is 0 Å². The molecule has 0 aliphatic heterocycles. The number of allylic oxidation sites excluding steroid dienone is 6. The van der Waals surface area contributed by atoms with Crippen LogP contribution in [0.2, 0.25) is 0 Å². The van der Waals surface area contributed by atoms with Crippen molar-refractivity contribution in [2.45, 2.75) is 26.7 Å². The lowest BCUT2D eigenvalue weighted by molar-refractivity contribution is 0.459. The van der Waals surface area contributed by atoms with E-state index in [1.165, 1.54) is 12.8 Å². The maximum atomic E-state index is 5.59. The Morgan fingerprint density at radius 3 is 1.95 bits per heavy atom. The summed E-state index contributed by atoms with van der Waals surface area (Å²) < 4.78 is 0. The molecule has 3 unspecified atom stereocenters. The average molecular weight is 262 g/mol. The van der Waals surface area contributed by atoms with Crippen LogP contribution in [0.5, 0.6) is 0 Å². The standard InChI is InChI=1S/C8H13N.C5H6.C3H7N.CH4/c9-5-8-4-6-1-2-7(8)3-6;1-2-4-5-3-1;1-2-3-4;/h1-2,6-8H,3-5,9H2;1-4H,5H2;2H,1,3-4H2;1H4. The molecular weight excluding hydrogens is 232 g/mol. The molecule has 0 aromatic heterocycles. The van der Waals surface area contributed by atoms with Gasteiger partial charge in [0.05, 0.1) is 0 Å². The fraction of sp³-hybridized carbons (Fsp3) is 0.529. The first-order chi connectivity index (χ1) is 8.81. The van der Waals surface area contributed by atoms with Gasteiger partial charge in [0.15, 0.2) is 0 Å². The van der Waals surface area contributed by atoms with Crippen molar-refractivity contribution in [1.82, 2.24) is 0 Å². The zero-order valence-corrected chi connectivity index (χ0v) is 11.2. The summed E-state index contributed by atoms with van der Waals surface area (Å²) in [5, 5.41) is 0. The number of hydrogen-bond donors (Lipinski definition) is 2. The van der Waals surface area contributed by atoms with E-state index in [1.54, 1.807) is 6.08 Å². The molecule has 108 valence electrons. The zero-order chi connectivity index (χ0) is 13.2. The third-order valence-corrected chi connectivity index (χ3v) is 3.54. The molecule has 0 saturated heterocycles. The van der Waals surface area contributed by atoms with Crippen LogP contribution in [0.3, 0.4) is 0 Å². The number of rotatable bonds is 2. The molecule has 1 saturated carbocycles. The van der Waals surface area contributed by atoms with Gasteiger partial charge >= 0.3 is 0 Å². The number of nitrogens with two attached hydrogens (primary N) is 2. The van der Waals surface area contributed by atoms with E-state index in [2.05, 4.69) is 43.0 Å². The van der Waals surface area contributed by atoms with Crippen LogP contribution < -0.4 is 11.5 Å². The molecule has 0 heterocycles. The van der Waals surface area contributed by atoms with Gasteiger partial charge in [-0.25, -0.2) is 0 Å². The van der Waals surface area contributed by atoms with Crippen LogP contribution in [0.15, 0.2) is 49.1 Å². The van der Waals surface area contributed by atoms with Crippen LogP contribution in [0, 0.1) is 17.8 Å². The molecule has 3 atom stereocenters. The minimum atomic E-state index is 0. The molecule has 0 aromatic rings. The van der Waals surface area contributed by atoms with Gasteiger partial charge in [0.25, 0.3) is 0 Å². The van der Waals surface area contributed by atoms with E-state index in [0.717, 1.165) is 30.7 Å². The quantitative estimate of drug-likeness (QED) is 0.749. The van der Waals surface area contributed by atoms with Crippen molar-refractivity contribution in [1.29, 1.82) is 0 Å². The average Bonchev–Trinajstić information content (AvgIpc) is 3.16. The highest BCUT2D eigenvalue weighted by atomic mass is 14.6. The SMILES string of the molecule is C.C1=CCC=C1.C=CCN.NCC1CC2C=CC1C2. The Kier molecular flexibility index (Phi) is 10.1. The first-order valence-electron chi connectivity index (χ1n) is 6.82. The normalized spacial score (nSPS) is 28.0. The second-order valence-corrected chi connectivity index (χ2v) is 4.89. The van der Waals surface area contributed by atoms with Crippen LogP contribution in [0.4, 0.5) is 0 Å². The lowest BCUT2D eigenvalue weighted by Gasteiger charge is -2.14. The van der Waals surface area contributed by atoms with Crippen molar-refractivity contribution in [3.63, 3.8) is 0 Å². The van der Waals surface area contributed by atoms with Gasteiger partial charge in [0.2, 0.25) is 0 Å². The Hall–Kier alpha value is -1.12. The van der Waals surface area contributed by atoms with Crippen molar-refractivity contribution in [2.24, 2.45) is 29.2 Å². The Morgan fingerprint density at radius 2 is 1.74 bits per heavy atom. The van der Waals surface area contributed by atoms with E-state index in [1.807, 2.05) is 0 Å². The highest BCUT2D eigenvalue weighted by Crippen LogP contribution is 2.42. The van der Waals surface area contributed by atoms with Gasteiger partial charge < -0.3 is 11.5 Å². The molecule has 2 heteroatoms. The molecule has 0 amide bonds. The van der Waals surface area contributed by atoms with Crippen LogP contribution >= 0.6 is 0 Å². The zero-order valence-electron chi connectivity index (χ0n) is 11.2. The Labute approximate surface area is 118 Å². The molecule has 2 bridgehead atoms. The lowest BCUT2D eigenvalue weighted by atomic mass is 9.94. The minimum Gasteiger partial charge on any atom is -0.330 e. The second kappa shape index (κ2) is 10.8. The number of fused-ring (bicyclic) bond motifs is 2. The number of hydrogen-bond acceptors (Lipinski definition) is 2. The summed E-state index contributed by atoms with van der Waals surface area (Å²) in [6.45, 7) is 4.83. The highest BCUT2D eigenvalue weighted by Gasteiger charge is 2.34. The Bertz CT molecular complexity index is 305. The van der Waals surface area contributed by atoms with Gasteiger partial charge in [-0.3, -0.25) is 0 Å². The lowest BCUT2D eigenvalue weighted by Crippen LogP contribution is -2.17. The molecule has 0 spiro atoms. The minimum absolute atomic E-state index is 0. The summed E-state index contributed by atoms with van der Waals surface area (Å²) in [5.74, 6) is 2.56. The van der Waals surface area contributed by atoms with Crippen molar-refractivity contribution in [2.75, 3.05) is 13.1 Å². The van der Waals surface area contributed by atoms with Gasteiger partial charge in [0, 0.05) is 6.54 Å². The van der Waals surface area contributed by atoms with E-state index in [9.17, 15) is 0 Å². The van der Waals surface area contributed by atoms with Gasteiger partial charge in [-0.15, -0.1) is 6.58 Å². The molecule has 1 fully saturated rings. The fourth-order valence-electron chi connectivity index (χ4n) is 2.56. The summed E-state index contributed by atoms with van der Waals surface area (Å²) in [6, 6.07) is 0. The first kappa shape index (κ1) is 17.9. The van der Waals surface area contributed by atoms with Crippen LogP contribution in [-0.4, -0.2) is 13.1 Å². The van der Waals surface area contributed by atoms with E-state index >= 15 is 0 Å². The summed E-state index contributed by atoms with van der Waals surface area (Å²) in [6.07, 6.45) is 18.6. The maximum absolute atomic E-state index is 5.59. The Morgan fingerprint density at radius 1 is 1.11 bits per heavy atom. The molecule has 3 aliphatic rings. The smallest absolute Gasteiger partial charge is 0.0104 e. The van der Waals surface area contributed by atoms with Crippen molar-refractivity contribution < 1.29 is 0 Å². The monoisotopic (exact) mass is 262 g/mol. The van der Waals surface area contributed by atoms with E-state index in [-0.39, 0.29) is 7.43 Å². The van der Waals surface area contributed by atoms with Crippen LogP contribution in [0.25, 0.3) is 0 Å². The van der Waals surface area contributed by atoms with E-state index < -0.39 is 0 Å². The molecular formula is C17H30N2. The molecule has 0 aromatic carbocycles. The highest BCUT2D eigenvalue weighted by molar-refractivity contribution is 5.12. The van der Waals surface area contributed by atoms with Gasteiger partial charge in [-0.1, -0.05) is 50.0 Å². The third kappa shape index (κ3) is 6.55. The molecule has 2 nitrogen and oxygen atoms in total. The van der Waals surface area contributed by atoms with Crippen LogP contribution in [-0.2, 0) is 0 Å². The van der Waals surface area contributed by atoms with Gasteiger partial charge in [-0.2, -0.15) is 0 Å². The topological polar surface area (TPSA) is 52.0 Å². The van der Waals surface area contributed by atoms with Crippen molar-refractivity contribution >= 4 is 0 Å². The van der Waals surface area contributed by atoms with Crippen LogP contribution in [0.1, 0.15) is 26.7 Å². The summed E-state index contributed by atoms with van der Waals surface area (Å²) in [4.78, 5) is 0.